The number of nitrogens with one attached hydrogen (secondary N) is 3. The molecule has 1 fully saturated rings. The second kappa shape index (κ2) is 11.5. The second-order valence-electron chi connectivity index (χ2n) is 8.01. The summed E-state index contributed by atoms with van der Waals surface area (Å²) in [5.41, 5.74) is 1.70. The largest absolute Gasteiger partial charge is 0.481 e. The molecule has 10 heteroatoms. The fraction of sp³-hybridized carbons (Fsp3) is 0.545. The van der Waals surface area contributed by atoms with Crippen molar-refractivity contribution in [3.8, 4) is 5.88 Å². The summed E-state index contributed by atoms with van der Waals surface area (Å²) >= 11 is 0. The number of rotatable bonds is 10. The molecular weight excluding hydrogens is 414 g/mol. The number of hydrogen-bond donors (Lipinski definition) is 4. The van der Waals surface area contributed by atoms with E-state index >= 15 is 0 Å². The highest BCUT2D eigenvalue weighted by atomic mass is 16.6. The van der Waals surface area contributed by atoms with Crippen LogP contribution in [0.4, 0.5) is 10.6 Å². The second-order valence-corrected chi connectivity index (χ2v) is 8.01. The summed E-state index contributed by atoms with van der Waals surface area (Å²) in [6, 6.07) is 5.31. The van der Waals surface area contributed by atoms with Gasteiger partial charge in [0.15, 0.2) is 5.82 Å². The smallest absolute Gasteiger partial charge is 0.407 e. The Bertz CT molecular complexity index is 898. The summed E-state index contributed by atoms with van der Waals surface area (Å²) in [6.45, 7) is 2.41. The Morgan fingerprint density at radius 2 is 2.19 bits per heavy atom. The average molecular weight is 446 g/mol. The van der Waals surface area contributed by atoms with E-state index in [0.29, 0.717) is 24.7 Å². The van der Waals surface area contributed by atoms with Crippen LogP contribution in [0, 0.1) is 5.92 Å². The molecule has 10 nitrogen and oxygen atoms in total. The molecule has 2 amide bonds. The summed E-state index contributed by atoms with van der Waals surface area (Å²) in [4.78, 5) is 28.4. The van der Waals surface area contributed by atoms with Gasteiger partial charge in [0.25, 0.3) is 0 Å². The number of aliphatic hydroxyl groups excluding tert-OH is 1. The molecule has 1 aliphatic carbocycles. The number of anilines is 1. The lowest BCUT2D eigenvalue weighted by atomic mass is 10.0. The van der Waals surface area contributed by atoms with Gasteiger partial charge in [0.05, 0.1) is 13.5 Å². The Kier molecular flexibility index (Phi) is 8.43. The molecule has 2 unspecified atom stereocenters. The molecule has 2 heterocycles. The minimum atomic E-state index is -0.451. The van der Waals surface area contributed by atoms with Gasteiger partial charge in [0.2, 0.25) is 11.8 Å². The monoisotopic (exact) mass is 445 g/mol. The third kappa shape index (κ3) is 6.68. The predicted molar refractivity (Wildman–Crippen MR) is 117 cm³/mol. The van der Waals surface area contributed by atoms with Crippen LogP contribution in [0.2, 0.25) is 0 Å². The van der Waals surface area contributed by atoms with Crippen LogP contribution in [0.15, 0.2) is 24.4 Å². The fourth-order valence-corrected chi connectivity index (χ4v) is 3.74. The number of aromatic nitrogens is 3. The van der Waals surface area contributed by atoms with E-state index in [4.69, 9.17) is 9.47 Å². The number of carbonyl (C=O) groups is 2. The fourth-order valence-electron chi connectivity index (χ4n) is 3.74. The van der Waals surface area contributed by atoms with Crippen molar-refractivity contribution in [1.82, 2.24) is 20.5 Å². The highest BCUT2D eigenvalue weighted by Crippen LogP contribution is 2.35. The van der Waals surface area contributed by atoms with Crippen LogP contribution in [0.3, 0.4) is 0 Å². The number of amides is 2. The molecule has 1 aliphatic rings. The van der Waals surface area contributed by atoms with Gasteiger partial charge in [-0.15, -0.1) is 0 Å². The van der Waals surface area contributed by atoms with E-state index in [9.17, 15) is 14.7 Å². The Balaban J connectivity index is 1.45. The molecule has 0 radical (unpaired) electrons. The lowest BCUT2D eigenvalue weighted by Gasteiger charge is -2.16. The lowest BCUT2D eigenvalue weighted by molar-refractivity contribution is -0.115. The van der Waals surface area contributed by atoms with Crippen molar-refractivity contribution in [2.24, 2.45) is 5.92 Å². The third-order valence-electron chi connectivity index (χ3n) is 5.71. The zero-order valence-electron chi connectivity index (χ0n) is 18.5. The number of ether oxygens (including phenoxy) is 2. The molecule has 1 saturated carbocycles. The normalized spacial score (nSPS) is 18.7. The summed E-state index contributed by atoms with van der Waals surface area (Å²) in [6.07, 6.45) is 4.27. The Labute approximate surface area is 187 Å². The van der Waals surface area contributed by atoms with E-state index < -0.39 is 6.09 Å². The summed E-state index contributed by atoms with van der Waals surface area (Å²) < 4.78 is 10.6. The lowest BCUT2D eigenvalue weighted by Crippen LogP contribution is -2.33. The molecule has 0 aliphatic heterocycles. The first-order valence-corrected chi connectivity index (χ1v) is 10.9. The van der Waals surface area contributed by atoms with Crippen LogP contribution in [0.1, 0.15) is 49.8 Å². The molecule has 3 rings (SSSR count). The number of alkyl carbamates (subject to hydrolysis) is 1. The average Bonchev–Trinajstić information content (AvgIpc) is 3.44. The van der Waals surface area contributed by atoms with Gasteiger partial charge >= 0.3 is 6.09 Å². The molecule has 3 atom stereocenters. The molecular formula is C22H31N5O5. The van der Waals surface area contributed by atoms with Crippen LogP contribution in [0.5, 0.6) is 5.88 Å². The summed E-state index contributed by atoms with van der Waals surface area (Å²) in [7, 11) is 1.53. The first-order chi connectivity index (χ1) is 15.5. The number of H-pyrrole nitrogens is 1. The molecule has 0 aromatic carbocycles. The topological polar surface area (TPSA) is 138 Å². The zero-order valence-corrected chi connectivity index (χ0v) is 18.5. The van der Waals surface area contributed by atoms with Gasteiger partial charge < -0.3 is 25.2 Å². The van der Waals surface area contributed by atoms with Crippen molar-refractivity contribution in [2.75, 3.05) is 25.6 Å². The Hall–Kier alpha value is -3.14. The molecule has 0 bridgehead atoms. The first kappa shape index (κ1) is 23.5. The predicted octanol–water partition coefficient (Wildman–Crippen LogP) is 2.38. The minimum Gasteiger partial charge on any atom is -0.481 e. The quantitative estimate of drug-likeness (QED) is 0.440. The van der Waals surface area contributed by atoms with Gasteiger partial charge in [0.1, 0.15) is 6.10 Å². The third-order valence-corrected chi connectivity index (χ3v) is 5.71. The first-order valence-electron chi connectivity index (χ1n) is 10.9. The van der Waals surface area contributed by atoms with E-state index in [1.807, 2.05) is 13.0 Å². The maximum Gasteiger partial charge on any atom is 0.407 e. The molecule has 2 aromatic rings. The molecule has 0 saturated heterocycles. The highest BCUT2D eigenvalue weighted by molar-refractivity contribution is 5.91. The van der Waals surface area contributed by atoms with Crippen LogP contribution in [-0.4, -0.2) is 58.7 Å². The molecule has 174 valence electrons. The van der Waals surface area contributed by atoms with Gasteiger partial charge in [-0.2, -0.15) is 5.10 Å². The van der Waals surface area contributed by atoms with Gasteiger partial charge in [0, 0.05) is 43.1 Å². The van der Waals surface area contributed by atoms with Crippen molar-refractivity contribution >= 4 is 17.8 Å². The van der Waals surface area contributed by atoms with Crippen molar-refractivity contribution in [1.29, 1.82) is 0 Å². The highest BCUT2D eigenvalue weighted by Gasteiger charge is 2.30. The maximum atomic E-state index is 12.3. The number of carbonyl (C=O) groups excluding carboxylic acids is 2. The number of pyridine rings is 1. The van der Waals surface area contributed by atoms with E-state index in [0.717, 1.165) is 30.5 Å². The van der Waals surface area contributed by atoms with Crippen molar-refractivity contribution in [3.05, 3.63) is 35.7 Å². The number of aliphatic hydroxyl groups is 1. The van der Waals surface area contributed by atoms with Gasteiger partial charge in [-0.3, -0.25) is 9.89 Å². The number of nitrogens with zero attached hydrogens (tertiary/aromatic N) is 2. The van der Waals surface area contributed by atoms with Crippen LogP contribution < -0.4 is 15.4 Å². The minimum absolute atomic E-state index is 0.0394. The van der Waals surface area contributed by atoms with Crippen molar-refractivity contribution in [2.45, 2.75) is 51.0 Å². The van der Waals surface area contributed by atoms with Crippen LogP contribution in [0.25, 0.3) is 0 Å². The van der Waals surface area contributed by atoms with Gasteiger partial charge in [-0.05, 0) is 43.2 Å². The summed E-state index contributed by atoms with van der Waals surface area (Å²) in [5.74, 6) is 0.952. The SMILES string of the molecule is CCC(CO)CNC(=O)OC1CC[C@H](c2cc(NC(=O)Cc3ccnc(OC)c3)n[nH]2)C1. The Morgan fingerprint density at radius 3 is 2.94 bits per heavy atom. The molecule has 0 spiro atoms. The number of hydrogen-bond acceptors (Lipinski definition) is 7. The maximum absolute atomic E-state index is 12.3. The summed E-state index contributed by atoms with van der Waals surface area (Å²) in [5, 5.41) is 21.9. The van der Waals surface area contributed by atoms with Crippen molar-refractivity contribution in [3.63, 3.8) is 0 Å². The van der Waals surface area contributed by atoms with E-state index in [-0.39, 0.29) is 36.9 Å². The van der Waals surface area contributed by atoms with E-state index in [1.165, 1.54) is 7.11 Å². The zero-order chi connectivity index (χ0) is 22.9. The molecule has 2 aromatic heterocycles. The Morgan fingerprint density at radius 1 is 1.34 bits per heavy atom. The van der Waals surface area contributed by atoms with Crippen LogP contribution >= 0.6 is 0 Å². The standard InChI is InChI=1S/C22H31N5O5/c1-3-14(13-28)12-24-22(30)32-17-5-4-16(10-17)18-11-19(27-26-18)25-20(29)8-15-6-7-23-21(9-15)31-2/h6-7,9,11,14,16-17,28H,3-5,8,10,12-13H2,1-2H3,(H,24,30)(H2,25,26,27,29)/t14?,16-,17?/m0/s1. The van der Waals surface area contributed by atoms with Gasteiger partial charge in [-0.25, -0.2) is 9.78 Å². The molecule has 32 heavy (non-hydrogen) atoms. The van der Waals surface area contributed by atoms with E-state index in [1.54, 1.807) is 18.3 Å². The van der Waals surface area contributed by atoms with Gasteiger partial charge in [-0.1, -0.05) is 6.92 Å². The van der Waals surface area contributed by atoms with Crippen LogP contribution in [-0.2, 0) is 16.0 Å². The van der Waals surface area contributed by atoms with E-state index in [2.05, 4.69) is 25.8 Å². The van der Waals surface area contributed by atoms with Crippen molar-refractivity contribution < 1.29 is 24.2 Å². The number of methoxy groups -OCH3 is 1. The number of aromatic amines is 1. The molecule has 4 N–H and O–H groups in total.